The Morgan fingerprint density at radius 1 is 1.27 bits per heavy atom. The third-order valence-corrected chi connectivity index (χ3v) is 3.44. The molecule has 0 spiro atoms. The Balaban J connectivity index is 0.00000441. The van der Waals surface area contributed by atoms with E-state index < -0.39 is 0 Å². The maximum Gasteiger partial charge on any atom is 0.193 e. The number of hydrogen-bond acceptors (Lipinski definition) is 2. The van der Waals surface area contributed by atoms with Gasteiger partial charge in [-0.25, -0.2) is 0 Å². The molecule has 0 aliphatic rings. The Kier molecular flexibility index (Phi) is 12.2. The van der Waals surface area contributed by atoms with Gasteiger partial charge in [0.05, 0.1) is 0 Å². The van der Waals surface area contributed by atoms with Crippen LogP contribution in [0.15, 0.2) is 29.3 Å². The third kappa shape index (κ3) is 7.98. The molecular formula is C17H30IN3O. The van der Waals surface area contributed by atoms with Crippen LogP contribution < -0.4 is 5.32 Å². The highest BCUT2D eigenvalue weighted by atomic mass is 127. The summed E-state index contributed by atoms with van der Waals surface area (Å²) < 4.78 is 5.34. The molecule has 0 unspecified atom stereocenters. The van der Waals surface area contributed by atoms with Crippen molar-refractivity contribution >= 4 is 29.9 Å². The molecule has 0 fully saturated rings. The number of benzene rings is 1. The molecule has 0 bridgehead atoms. The number of ether oxygens (including phenoxy) is 1. The molecule has 126 valence electrons. The predicted molar refractivity (Wildman–Crippen MR) is 105 cm³/mol. The number of aryl methyl sites for hydroxylation is 1. The summed E-state index contributed by atoms with van der Waals surface area (Å²) in [4.78, 5) is 6.51. The second-order valence-electron chi connectivity index (χ2n) is 5.16. The first kappa shape index (κ1) is 21.2. The lowest BCUT2D eigenvalue weighted by molar-refractivity contribution is 0.143. The molecule has 0 aromatic heterocycles. The lowest BCUT2D eigenvalue weighted by Crippen LogP contribution is -2.39. The molecule has 4 nitrogen and oxygen atoms in total. The second-order valence-corrected chi connectivity index (χ2v) is 5.16. The van der Waals surface area contributed by atoms with Gasteiger partial charge in [0.2, 0.25) is 0 Å². The van der Waals surface area contributed by atoms with Crippen LogP contribution in [-0.2, 0) is 11.3 Å². The maximum absolute atomic E-state index is 5.34. The van der Waals surface area contributed by atoms with Crippen LogP contribution in [0.2, 0.25) is 0 Å². The van der Waals surface area contributed by atoms with Crippen LogP contribution in [-0.4, -0.2) is 44.7 Å². The smallest absolute Gasteiger partial charge is 0.193 e. The molecule has 1 aromatic rings. The maximum atomic E-state index is 5.34. The lowest BCUT2D eigenvalue weighted by atomic mass is 10.1. The number of guanidine groups is 1. The van der Waals surface area contributed by atoms with Gasteiger partial charge in [0.15, 0.2) is 5.96 Å². The summed E-state index contributed by atoms with van der Waals surface area (Å²) in [5, 5.41) is 3.41. The first-order valence-corrected chi connectivity index (χ1v) is 7.73. The van der Waals surface area contributed by atoms with E-state index in [4.69, 9.17) is 4.74 Å². The number of rotatable bonds is 8. The molecule has 22 heavy (non-hydrogen) atoms. The van der Waals surface area contributed by atoms with E-state index in [-0.39, 0.29) is 24.0 Å². The van der Waals surface area contributed by atoms with Crippen LogP contribution in [0.4, 0.5) is 0 Å². The van der Waals surface area contributed by atoms with Crippen molar-refractivity contribution in [3.05, 3.63) is 35.4 Å². The Morgan fingerprint density at radius 3 is 2.64 bits per heavy atom. The van der Waals surface area contributed by atoms with E-state index in [2.05, 4.69) is 53.4 Å². The van der Waals surface area contributed by atoms with E-state index in [1.54, 1.807) is 0 Å². The zero-order chi connectivity index (χ0) is 15.5. The Labute approximate surface area is 152 Å². The number of nitrogens with zero attached hydrogens (tertiary/aromatic N) is 2. The molecule has 1 rings (SSSR count). The first-order valence-electron chi connectivity index (χ1n) is 7.73. The number of halogens is 1. The molecule has 0 atom stereocenters. The molecule has 0 aliphatic carbocycles. The molecule has 0 saturated carbocycles. The molecule has 0 radical (unpaired) electrons. The Bertz CT molecular complexity index is 438. The molecule has 5 heteroatoms. The standard InChI is InChI=1S/C17H29N3O.HI/c1-5-21-13-9-8-12-19-17(18-3)20(4)14-16-11-7-6-10-15(16)2;/h6-7,10-11H,5,8-9,12-14H2,1-4H3,(H,18,19);1H. The fourth-order valence-corrected chi connectivity index (χ4v) is 2.18. The van der Waals surface area contributed by atoms with Gasteiger partial charge >= 0.3 is 0 Å². The monoisotopic (exact) mass is 419 g/mol. The van der Waals surface area contributed by atoms with Gasteiger partial charge in [-0.3, -0.25) is 4.99 Å². The minimum Gasteiger partial charge on any atom is -0.382 e. The number of hydrogen-bond donors (Lipinski definition) is 1. The van der Waals surface area contributed by atoms with Crippen molar-refractivity contribution in [3.8, 4) is 0 Å². The van der Waals surface area contributed by atoms with E-state index in [9.17, 15) is 0 Å². The minimum atomic E-state index is 0. The topological polar surface area (TPSA) is 36.9 Å². The fraction of sp³-hybridized carbons (Fsp3) is 0.588. The van der Waals surface area contributed by atoms with Gasteiger partial charge in [0.1, 0.15) is 0 Å². The normalized spacial score (nSPS) is 11.0. The van der Waals surface area contributed by atoms with Crippen molar-refractivity contribution in [2.75, 3.05) is 33.9 Å². The lowest BCUT2D eigenvalue weighted by Gasteiger charge is -2.23. The zero-order valence-electron chi connectivity index (χ0n) is 14.3. The van der Waals surface area contributed by atoms with E-state index in [0.717, 1.165) is 45.1 Å². The second kappa shape index (κ2) is 12.7. The predicted octanol–water partition coefficient (Wildman–Crippen LogP) is 3.44. The summed E-state index contributed by atoms with van der Waals surface area (Å²) >= 11 is 0. The van der Waals surface area contributed by atoms with Gasteiger partial charge < -0.3 is 15.0 Å². The van der Waals surface area contributed by atoms with Crippen molar-refractivity contribution < 1.29 is 4.74 Å². The van der Waals surface area contributed by atoms with Crippen LogP contribution in [0.5, 0.6) is 0 Å². The summed E-state index contributed by atoms with van der Waals surface area (Å²) in [5.41, 5.74) is 2.65. The van der Waals surface area contributed by atoms with Crippen LogP contribution in [0, 0.1) is 6.92 Å². The SMILES string of the molecule is CCOCCCCNC(=NC)N(C)Cc1ccccc1C.I. The number of unbranched alkanes of at least 4 members (excludes halogenated alkanes) is 1. The fourth-order valence-electron chi connectivity index (χ4n) is 2.18. The molecule has 1 aromatic carbocycles. The van der Waals surface area contributed by atoms with E-state index >= 15 is 0 Å². The average molecular weight is 419 g/mol. The van der Waals surface area contributed by atoms with Gasteiger partial charge in [-0.1, -0.05) is 24.3 Å². The van der Waals surface area contributed by atoms with Crippen molar-refractivity contribution in [1.29, 1.82) is 0 Å². The molecular weight excluding hydrogens is 389 g/mol. The van der Waals surface area contributed by atoms with Crippen LogP contribution in [0.25, 0.3) is 0 Å². The van der Waals surface area contributed by atoms with Crippen molar-refractivity contribution in [2.24, 2.45) is 4.99 Å². The summed E-state index contributed by atoms with van der Waals surface area (Å²) in [6.45, 7) is 7.61. The van der Waals surface area contributed by atoms with Crippen molar-refractivity contribution in [3.63, 3.8) is 0 Å². The first-order chi connectivity index (χ1) is 10.2. The van der Waals surface area contributed by atoms with Gasteiger partial charge in [0, 0.05) is 40.4 Å². The van der Waals surface area contributed by atoms with Crippen LogP contribution >= 0.6 is 24.0 Å². The quantitative estimate of drug-likeness (QED) is 0.304. The molecule has 0 saturated heterocycles. The highest BCUT2D eigenvalue weighted by molar-refractivity contribution is 14.0. The van der Waals surface area contributed by atoms with Gasteiger partial charge in [-0.15, -0.1) is 24.0 Å². The number of aliphatic imine (C=N–C) groups is 1. The van der Waals surface area contributed by atoms with Gasteiger partial charge in [-0.2, -0.15) is 0 Å². The Hall–Kier alpha value is -0.820. The molecule has 1 N–H and O–H groups in total. The number of nitrogens with one attached hydrogen (secondary N) is 1. The summed E-state index contributed by atoms with van der Waals surface area (Å²) in [7, 11) is 3.90. The van der Waals surface area contributed by atoms with Gasteiger partial charge in [-0.05, 0) is 37.8 Å². The van der Waals surface area contributed by atoms with E-state index in [1.807, 2.05) is 14.0 Å². The van der Waals surface area contributed by atoms with Crippen LogP contribution in [0.1, 0.15) is 30.9 Å². The average Bonchev–Trinajstić information content (AvgIpc) is 2.49. The summed E-state index contributed by atoms with van der Waals surface area (Å²) in [6, 6.07) is 8.47. The van der Waals surface area contributed by atoms with Crippen molar-refractivity contribution in [1.82, 2.24) is 10.2 Å². The minimum absolute atomic E-state index is 0. The molecule has 0 aliphatic heterocycles. The van der Waals surface area contributed by atoms with Crippen molar-refractivity contribution in [2.45, 2.75) is 33.2 Å². The van der Waals surface area contributed by atoms with E-state index in [1.165, 1.54) is 11.1 Å². The van der Waals surface area contributed by atoms with Crippen LogP contribution in [0.3, 0.4) is 0 Å². The largest absolute Gasteiger partial charge is 0.382 e. The molecule has 0 amide bonds. The zero-order valence-corrected chi connectivity index (χ0v) is 16.6. The highest BCUT2D eigenvalue weighted by Gasteiger charge is 2.07. The Morgan fingerprint density at radius 2 is 2.00 bits per heavy atom. The van der Waals surface area contributed by atoms with E-state index in [0.29, 0.717) is 0 Å². The summed E-state index contributed by atoms with van der Waals surface area (Å²) in [6.07, 6.45) is 2.18. The summed E-state index contributed by atoms with van der Waals surface area (Å²) in [5.74, 6) is 0.940. The van der Waals surface area contributed by atoms with Gasteiger partial charge in [0.25, 0.3) is 0 Å². The molecule has 0 heterocycles. The third-order valence-electron chi connectivity index (χ3n) is 3.44. The highest BCUT2D eigenvalue weighted by Crippen LogP contribution is 2.09.